The first-order chi connectivity index (χ1) is 10.8. The Labute approximate surface area is 144 Å². The first kappa shape index (κ1) is 19.6. The zero-order valence-corrected chi connectivity index (χ0v) is 15.7. The molecule has 5 heteroatoms. The van der Waals surface area contributed by atoms with Crippen LogP contribution in [-0.2, 0) is 0 Å². The third-order valence-corrected chi connectivity index (χ3v) is 3.63. The van der Waals surface area contributed by atoms with Crippen LogP contribution in [0.2, 0.25) is 5.02 Å². The molecule has 0 fully saturated rings. The van der Waals surface area contributed by atoms with Crippen molar-refractivity contribution in [1.29, 1.82) is 0 Å². The Kier molecular flexibility index (Phi) is 7.69. The molecule has 0 atom stereocenters. The van der Waals surface area contributed by atoms with Gasteiger partial charge in [0.25, 0.3) is 5.91 Å². The highest BCUT2D eigenvalue weighted by atomic mass is 35.5. The maximum atomic E-state index is 12.8. The molecule has 0 heterocycles. The Morgan fingerprint density at radius 1 is 1.13 bits per heavy atom. The lowest BCUT2D eigenvalue weighted by atomic mass is 10.1. The van der Waals surface area contributed by atoms with E-state index >= 15 is 0 Å². The Morgan fingerprint density at radius 3 is 2.22 bits per heavy atom. The highest BCUT2D eigenvalue weighted by Crippen LogP contribution is 2.37. The molecule has 0 saturated carbocycles. The summed E-state index contributed by atoms with van der Waals surface area (Å²) in [6.07, 6.45) is 0.872. The van der Waals surface area contributed by atoms with Crippen molar-refractivity contribution in [2.75, 3.05) is 13.2 Å². The van der Waals surface area contributed by atoms with E-state index in [1.54, 1.807) is 12.1 Å². The molecule has 1 aromatic carbocycles. The summed E-state index contributed by atoms with van der Waals surface area (Å²) >= 11 is 6.34. The van der Waals surface area contributed by atoms with E-state index < -0.39 is 0 Å². The molecule has 0 aliphatic carbocycles. The van der Waals surface area contributed by atoms with Crippen molar-refractivity contribution in [2.45, 2.75) is 60.0 Å². The smallest absolute Gasteiger partial charge is 0.254 e. The van der Waals surface area contributed by atoms with E-state index in [-0.39, 0.29) is 18.0 Å². The van der Waals surface area contributed by atoms with Gasteiger partial charge < -0.3 is 14.4 Å². The molecule has 0 aromatic heterocycles. The maximum absolute atomic E-state index is 12.8. The van der Waals surface area contributed by atoms with Gasteiger partial charge in [-0.05, 0) is 53.2 Å². The lowest BCUT2D eigenvalue weighted by Gasteiger charge is -2.31. The molecule has 0 aliphatic rings. The molecule has 1 aromatic rings. The number of carbonyl (C=O) groups is 1. The molecule has 0 unspecified atom stereocenters. The van der Waals surface area contributed by atoms with E-state index in [4.69, 9.17) is 21.1 Å². The summed E-state index contributed by atoms with van der Waals surface area (Å²) in [4.78, 5) is 14.7. The van der Waals surface area contributed by atoms with Crippen molar-refractivity contribution in [2.24, 2.45) is 0 Å². The third-order valence-electron chi connectivity index (χ3n) is 3.35. The van der Waals surface area contributed by atoms with Crippen molar-refractivity contribution in [3.8, 4) is 11.5 Å². The molecule has 23 heavy (non-hydrogen) atoms. The minimum absolute atomic E-state index is 0.0557. The molecule has 0 radical (unpaired) electrons. The molecule has 0 bridgehead atoms. The third kappa shape index (κ3) is 5.03. The van der Waals surface area contributed by atoms with Gasteiger partial charge in [-0.3, -0.25) is 4.79 Å². The Bertz CT molecular complexity index is 521. The Balaban J connectivity index is 3.24. The van der Waals surface area contributed by atoms with E-state index in [1.165, 1.54) is 0 Å². The SMILES string of the molecule is CCCOc1c(Cl)cc(C(=O)N(C(C)C)C(C)C)cc1OCC. The molecule has 1 amide bonds. The van der Waals surface area contributed by atoms with Gasteiger partial charge in [0.1, 0.15) is 0 Å². The summed E-state index contributed by atoms with van der Waals surface area (Å²) < 4.78 is 11.3. The molecular weight excluding hydrogens is 314 g/mol. The van der Waals surface area contributed by atoms with Gasteiger partial charge in [-0.25, -0.2) is 0 Å². The van der Waals surface area contributed by atoms with Crippen LogP contribution in [0.4, 0.5) is 0 Å². The number of nitrogens with zero attached hydrogens (tertiary/aromatic N) is 1. The average molecular weight is 342 g/mol. The van der Waals surface area contributed by atoms with Gasteiger partial charge in [-0.15, -0.1) is 0 Å². The molecule has 0 spiro atoms. The summed E-state index contributed by atoms with van der Waals surface area (Å²) in [5.74, 6) is 0.969. The van der Waals surface area contributed by atoms with Crippen molar-refractivity contribution in [3.05, 3.63) is 22.7 Å². The lowest BCUT2D eigenvalue weighted by Crippen LogP contribution is -2.42. The van der Waals surface area contributed by atoms with E-state index in [1.807, 2.05) is 46.4 Å². The second kappa shape index (κ2) is 9.02. The van der Waals surface area contributed by atoms with Crippen LogP contribution >= 0.6 is 11.6 Å². The van der Waals surface area contributed by atoms with Crippen LogP contribution in [0.3, 0.4) is 0 Å². The lowest BCUT2D eigenvalue weighted by molar-refractivity contribution is 0.0643. The van der Waals surface area contributed by atoms with Gasteiger partial charge in [0.2, 0.25) is 0 Å². The number of benzene rings is 1. The number of hydrogen-bond acceptors (Lipinski definition) is 3. The van der Waals surface area contributed by atoms with Crippen molar-refractivity contribution >= 4 is 17.5 Å². The van der Waals surface area contributed by atoms with E-state index in [9.17, 15) is 4.79 Å². The van der Waals surface area contributed by atoms with E-state index in [0.717, 1.165) is 6.42 Å². The summed E-state index contributed by atoms with van der Waals surface area (Å²) in [5.41, 5.74) is 0.518. The molecule has 0 N–H and O–H groups in total. The predicted molar refractivity (Wildman–Crippen MR) is 94.8 cm³/mol. The topological polar surface area (TPSA) is 38.8 Å². The minimum atomic E-state index is -0.0557. The van der Waals surface area contributed by atoms with Gasteiger partial charge in [-0.1, -0.05) is 18.5 Å². The van der Waals surface area contributed by atoms with Crippen LogP contribution < -0.4 is 9.47 Å². The number of ether oxygens (including phenoxy) is 2. The number of carbonyl (C=O) groups excluding carboxylic acids is 1. The van der Waals surface area contributed by atoms with E-state index in [2.05, 4.69) is 0 Å². The number of amides is 1. The minimum Gasteiger partial charge on any atom is -0.490 e. The van der Waals surface area contributed by atoms with Crippen LogP contribution in [-0.4, -0.2) is 36.1 Å². The zero-order valence-electron chi connectivity index (χ0n) is 15.0. The molecule has 130 valence electrons. The molecule has 0 saturated heterocycles. The fraction of sp³-hybridized carbons (Fsp3) is 0.611. The first-order valence-corrected chi connectivity index (χ1v) is 8.62. The first-order valence-electron chi connectivity index (χ1n) is 8.25. The molecule has 0 aliphatic heterocycles. The van der Waals surface area contributed by atoms with Gasteiger partial charge in [0, 0.05) is 17.6 Å². The number of hydrogen-bond donors (Lipinski definition) is 0. The zero-order chi connectivity index (χ0) is 17.6. The van der Waals surface area contributed by atoms with Crippen LogP contribution in [0.5, 0.6) is 11.5 Å². The predicted octanol–water partition coefficient (Wildman–Crippen LogP) is 4.79. The highest BCUT2D eigenvalue weighted by molar-refractivity contribution is 6.32. The maximum Gasteiger partial charge on any atom is 0.254 e. The monoisotopic (exact) mass is 341 g/mol. The van der Waals surface area contributed by atoms with Gasteiger partial charge in [0.15, 0.2) is 11.5 Å². The quantitative estimate of drug-likeness (QED) is 0.682. The normalized spacial score (nSPS) is 11.0. The van der Waals surface area contributed by atoms with Gasteiger partial charge >= 0.3 is 0 Å². The summed E-state index contributed by atoms with van der Waals surface area (Å²) in [6, 6.07) is 3.59. The summed E-state index contributed by atoms with van der Waals surface area (Å²) in [6.45, 7) is 13.0. The summed E-state index contributed by atoms with van der Waals surface area (Å²) in [5, 5.41) is 0.403. The van der Waals surface area contributed by atoms with Crippen LogP contribution in [0.1, 0.15) is 58.3 Å². The molecular formula is C18H28ClNO3. The van der Waals surface area contributed by atoms with Crippen molar-refractivity contribution < 1.29 is 14.3 Å². The second-order valence-corrected chi connectivity index (χ2v) is 6.37. The fourth-order valence-electron chi connectivity index (χ4n) is 2.51. The number of rotatable bonds is 8. The fourth-order valence-corrected chi connectivity index (χ4v) is 2.78. The molecule has 1 rings (SSSR count). The Hall–Kier alpha value is -1.42. The largest absolute Gasteiger partial charge is 0.490 e. The average Bonchev–Trinajstić information content (AvgIpc) is 2.45. The number of halogens is 1. The highest BCUT2D eigenvalue weighted by Gasteiger charge is 2.24. The van der Waals surface area contributed by atoms with Crippen molar-refractivity contribution in [3.63, 3.8) is 0 Å². The van der Waals surface area contributed by atoms with E-state index in [0.29, 0.717) is 35.3 Å². The second-order valence-electron chi connectivity index (χ2n) is 5.97. The molecule has 4 nitrogen and oxygen atoms in total. The Morgan fingerprint density at radius 2 is 1.74 bits per heavy atom. The van der Waals surface area contributed by atoms with Gasteiger partial charge in [-0.2, -0.15) is 0 Å². The van der Waals surface area contributed by atoms with Crippen LogP contribution in [0.25, 0.3) is 0 Å². The van der Waals surface area contributed by atoms with Crippen LogP contribution in [0.15, 0.2) is 12.1 Å². The standard InChI is InChI=1S/C18H28ClNO3/c1-7-9-23-17-15(19)10-14(11-16(17)22-8-2)18(21)20(12(3)4)13(5)6/h10-13H,7-9H2,1-6H3. The van der Waals surface area contributed by atoms with Crippen molar-refractivity contribution in [1.82, 2.24) is 4.90 Å². The van der Waals surface area contributed by atoms with Gasteiger partial charge in [0.05, 0.1) is 18.2 Å². The van der Waals surface area contributed by atoms with Crippen LogP contribution in [0, 0.1) is 0 Å². The summed E-state index contributed by atoms with van der Waals surface area (Å²) in [7, 11) is 0.